The second-order valence-electron chi connectivity index (χ2n) is 5.15. The number of thiophene rings is 1. The molecule has 3 N–H and O–H groups in total. The Morgan fingerprint density at radius 2 is 1.90 bits per heavy atom. The molecule has 20 heavy (non-hydrogen) atoms. The summed E-state index contributed by atoms with van der Waals surface area (Å²) in [7, 11) is 1.70. The number of hydrogen-bond donors (Lipinski definition) is 2. The minimum Gasteiger partial charge on any atom is -0.496 e. The van der Waals surface area contributed by atoms with Crippen molar-refractivity contribution in [1.82, 2.24) is 5.43 Å². The fraction of sp³-hybridized carbons (Fsp3) is 0.375. The second-order valence-corrected chi connectivity index (χ2v) is 6.10. The van der Waals surface area contributed by atoms with Crippen molar-refractivity contribution in [3.05, 3.63) is 50.7 Å². The number of hydrazine groups is 1. The molecule has 1 aromatic carbocycles. The molecule has 0 fully saturated rings. The molecule has 0 aliphatic carbocycles. The highest BCUT2D eigenvalue weighted by molar-refractivity contribution is 7.10. The Labute approximate surface area is 124 Å². The Bertz CT molecular complexity index is 569. The third-order valence-corrected chi connectivity index (χ3v) is 4.66. The van der Waals surface area contributed by atoms with Gasteiger partial charge in [-0.15, -0.1) is 11.3 Å². The second kappa shape index (κ2) is 6.39. The van der Waals surface area contributed by atoms with E-state index in [0.29, 0.717) is 0 Å². The standard InChI is InChI=1S/C16H22N2OS/c1-10-7-11(2)13(12(3)8-10)9-14(18-17)16-15(19-4)5-6-20-16/h5-8,14,18H,9,17H2,1-4H3. The van der Waals surface area contributed by atoms with Crippen molar-refractivity contribution in [2.45, 2.75) is 33.2 Å². The van der Waals surface area contributed by atoms with Crippen LogP contribution in [0.5, 0.6) is 5.75 Å². The van der Waals surface area contributed by atoms with Crippen molar-refractivity contribution < 1.29 is 4.74 Å². The van der Waals surface area contributed by atoms with Crippen molar-refractivity contribution in [2.24, 2.45) is 5.84 Å². The molecule has 2 rings (SSSR count). The summed E-state index contributed by atoms with van der Waals surface area (Å²) in [5, 5.41) is 2.04. The zero-order chi connectivity index (χ0) is 14.7. The lowest BCUT2D eigenvalue weighted by molar-refractivity contribution is 0.403. The molecule has 0 amide bonds. The molecule has 1 aromatic heterocycles. The van der Waals surface area contributed by atoms with E-state index in [1.807, 2.05) is 11.4 Å². The lowest BCUT2D eigenvalue weighted by atomic mass is 9.94. The fourth-order valence-corrected chi connectivity index (χ4v) is 3.62. The number of nitrogens with one attached hydrogen (secondary N) is 1. The van der Waals surface area contributed by atoms with Crippen LogP contribution in [-0.4, -0.2) is 7.11 Å². The van der Waals surface area contributed by atoms with Crippen molar-refractivity contribution >= 4 is 11.3 Å². The lowest BCUT2D eigenvalue weighted by Crippen LogP contribution is -2.29. The molecule has 1 atom stereocenters. The summed E-state index contributed by atoms with van der Waals surface area (Å²) in [4.78, 5) is 1.15. The SMILES string of the molecule is COc1ccsc1C(Cc1c(C)cc(C)cc1C)NN. The van der Waals surface area contributed by atoms with Gasteiger partial charge in [-0.2, -0.15) is 0 Å². The summed E-state index contributed by atoms with van der Waals surface area (Å²) in [6, 6.07) is 6.51. The Hall–Kier alpha value is -1.36. The van der Waals surface area contributed by atoms with Crippen LogP contribution in [0.1, 0.15) is 33.2 Å². The molecule has 1 heterocycles. The van der Waals surface area contributed by atoms with Crippen LogP contribution in [0.3, 0.4) is 0 Å². The number of nitrogens with two attached hydrogens (primary N) is 1. The van der Waals surface area contributed by atoms with Crippen molar-refractivity contribution in [2.75, 3.05) is 7.11 Å². The van der Waals surface area contributed by atoms with E-state index >= 15 is 0 Å². The number of rotatable bonds is 5. The predicted molar refractivity (Wildman–Crippen MR) is 85.3 cm³/mol. The third kappa shape index (κ3) is 3.03. The van der Waals surface area contributed by atoms with E-state index in [1.165, 1.54) is 22.3 Å². The van der Waals surface area contributed by atoms with Gasteiger partial charge in [-0.05, 0) is 55.3 Å². The minimum atomic E-state index is 0.0741. The van der Waals surface area contributed by atoms with Crippen LogP contribution in [0, 0.1) is 20.8 Å². The summed E-state index contributed by atoms with van der Waals surface area (Å²) in [5.41, 5.74) is 8.22. The van der Waals surface area contributed by atoms with Crippen molar-refractivity contribution in [1.29, 1.82) is 0 Å². The van der Waals surface area contributed by atoms with Crippen molar-refractivity contribution in [3.63, 3.8) is 0 Å². The van der Waals surface area contributed by atoms with Gasteiger partial charge in [-0.25, -0.2) is 0 Å². The van der Waals surface area contributed by atoms with E-state index in [4.69, 9.17) is 10.6 Å². The molecule has 0 saturated heterocycles. The molecule has 0 saturated carbocycles. The van der Waals surface area contributed by atoms with E-state index in [0.717, 1.165) is 17.0 Å². The van der Waals surface area contributed by atoms with E-state index in [1.54, 1.807) is 18.4 Å². The Morgan fingerprint density at radius 1 is 1.25 bits per heavy atom. The maximum Gasteiger partial charge on any atom is 0.134 e. The van der Waals surface area contributed by atoms with Gasteiger partial charge in [-0.3, -0.25) is 11.3 Å². The summed E-state index contributed by atoms with van der Waals surface area (Å²) in [5.74, 6) is 6.67. The van der Waals surface area contributed by atoms with Crippen LogP contribution in [0.15, 0.2) is 23.6 Å². The Morgan fingerprint density at radius 3 is 2.45 bits per heavy atom. The smallest absolute Gasteiger partial charge is 0.134 e. The van der Waals surface area contributed by atoms with Crippen LogP contribution in [0.2, 0.25) is 0 Å². The zero-order valence-electron chi connectivity index (χ0n) is 12.5. The molecule has 0 bridgehead atoms. The topological polar surface area (TPSA) is 47.3 Å². The van der Waals surface area contributed by atoms with Gasteiger partial charge in [0, 0.05) is 0 Å². The summed E-state index contributed by atoms with van der Waals surface area (Å²) < 4.78 is 5.40. The lowest BCUT2D eigenvalue weighted by Gasteiger charge is -2.19. The van der Waals surface area contributed by atoms with Gasteiger partial charge >= 0.3 is 0 Å². The van der Waals surface area contributed by atoms with Crippen LogP contribution in [0.4, 0.5) is 0 Å². The largest absolute Gasteiger partial charge is 0.496 e. The average molecular weight is 290 g/mol. The zero-order valence-corrected chi connectivity index (χ0v) is 13.3. The van der Waals surface area contributed by atoms with Crippen LogP contribution in [0.25, 0.3) is 0 Å². The van der Waals surface area contributed by atoms with Gasteiger partial charge in [0.2, 0.25) is 0 Å². The number of ether oxygens (including phenoxy) is 1. The maximum absolute atomic E-state index is 5.77. The highest BCUT2D eigenvalue weighted by atomic mass is 32.1. The first-order valence-electron chi connectivity index (χ1n) is 6.71. The van der Waals surface area contributed by atoms with Gasteiger partial charge in [0.05, 0.1) is 18.0 Å². The summed E-state index contributed by atoms with van der Waals surface area (Å²) >= 11 is 1.67. The molecule has 0 aliphatic heterocycles. The first kappa shape index (κ1) is 15.0. The fourth-order valence-electron chi connectivity index (χ4n) is 2.70. The van der Waals surface area contributed by atoms with Crippen LogP contribution < -0.4 is 16.0 Å². The van der Waals surface area contributed by atoms with E-state index < -0.39 is 0 Å². The van der Waals surface area contributed by atoms with Gasteiger partial charge in [0.15, 0.2) is 0 Å². The monoisotopic (exact) mass is 290 g/mol. The Balaban J connectivity index is 2.32. The number of benzene rings is 1. The third-order valence-electron chi connectivity index (χ3n) is 3.64. The van der Waals surface area contributed by atoms with Crippen LogP contribution in [-0.2, 0) is 6.42 Å². The molecule has 0 radical (unpaired) electrons. The number of aryl methyl sites for hydroxylation is 3. The van der Waals surface area contributed by atoms with Gasteiger partial charge < -0.3 is 4.74 Å². The molecule has 0 aliphatic rings. The summed E-state index contributed by atoms with van der Waals surface area (Å²) in [6.45, 7) is 6.45. The highest BCUT2D eigenvalue weighted by Crippen LogP contribution is 2.33. The quantitative estimate of drug-likeness (QED) is 0.655. The normalized spacial score (nSPS) is 12.4. The number of hydrogen-bond acceptors (Lipinski definition) is 4. The maximum atomic E-state index is 5.77. The molecule has 0 spiro atoms. The average Bonchev–Trinajstić information content (AvgIpc) is 2.86. The van der Waals surface area contributed by atoms with Crippen LogP contribution >= 0.6 is 11.3 Å². The molecule has 2 aromatic rings. The van der Waals surface area contributed by atoms with Gasteiger partial charge in [-0.1, -0.05) is 17.7 Å². The highest BCUT2D eigenvalue weighted by Gasteiger charge is 2.18. The molecular formula is C16H22N2OS. The Kier molecular flexibility index (Phi) is 4.81. The number of methoxy groups -OCH3 is 1. The summed E-state index contributed by atoms with van der Waals surface area (Å²) in [6.07, 6.45) is 0.866. The van der Waals surface area contributed by atoms with Gasteiger partial charge in [0.25, 0.3) is 0 Å². The molecule has 4 heteroatoms. The van der Waals surface area contributed by atoms with E-state index in [9.17, 15) is 0 Å². The van der Waals surface area contributed by atoms with E-state index in [2.05, 4.69) is 38.3 Å². The van der Waals surface area contributed by atoms with E-state index in [-0.39, 0.29) is 6.04 Å². The molecule has 3 nitrogen and oxygen atoms in total. The first-order chi connectivity index (χ1) is 9.56. The first-order valence-corrected chi connectivity index (χ1v) is 7.59. The minimum absolute atomic E-state index is 0.0741. The molecule has 1 unspecified atom stereocenters. The molecule has 108 valence electrons. The van der Waals surface area contributed by atoms with Crippen molar-refractivity contribution in [3.8, 4) is 5.75 Å². The molecular weight excluding hydrogens is 268 g/mol. The predicted octanol–water partition coefficient (Wildman–Crippen LogP) is 3.43. The van der Waals surface area contributed by atoms with Gasteiger partial charge in [0.1, 0.15) is 5.75 Å².